The van der Waals surface area contributed by atoms with Gasteiger partial charge in [0.1, 0.15) is 5.76 Å². The summed E-state index contributed by atoms with van der Waals surface area (Å²) >= 11 is 0. The molecular weight excluding hydrogens is 166 g/mol. The summed E-state index contributed by atoms with van der Waals surface area (Å²) in [5.41, 5.74) is 0. The van der Waals surface area contributed by atoms with Crippen LogP contribution in [0.15, 0.2) is 22.8 Å². The lowest BCUT2D eigenvalue weighted by atomic mass is 10.3. The lowest BCUT2D eigenvalue weighted by Gasteiger charge is -2.09. The molecule has 1 aromatic rings. The predicted molar refractivity (Wildman–Crippen MR) is 51.8 cm³/mol. The second-order valence-corrected chi connectivity index (χ2v) is 3.08. The predicted octanol–water partition coefficient (Wildman–Crippen LogP) is 1.45. The maximum Gasteiger partial charge on any atom is 0.105 e. The van der Waals surface area contributed by atoms with Gasteiger partial charge in [-0.1, -0.05) is 0 Å². The Morgan fingerprint density at radius 1 is 1.62 bits per heavy atom. The molecule has 0 saturated carbocycles. The van der Waals surface area contributed by atoms with Crippen LogP contribution in [0.25, 0.3) is 0 Å². The van der Waals surface area contributed by atoms with Crippen LogP contribution in [0.1, 0.15) is 12.7 Å². The standard InChI is InChI=1S/C10H17NO2/c1-9(12-2)8-11-6-5-10-4-3-7-13-10/h3-4,7,9,11H,5-6,8H2,1-2H3. The van der Waals surface area contributed by atoms with Crippen molar-refractivity contribution in [3.05, 3.63) is 24.2 Å². The third kappa shape index (κ3) is 4.10. The molecule has 3 heteroatoms. The first kappa shape index (κ1) is 10.3. The van der Waals surface area contributed by atoms with Crippen molar-refractivity contribution in [2.75, 3.05) is 20.2 Å². The molecule has 0 aliphatic carbocycles. The first-order valence-corrected chi connectivity index (χ1v) is 4.59. The van der Waals surface area contributed by atoms with Crippen molar-refractivity contribution in [2.45, 2.75) is 19.4 Å². The van der Waals surface area contributed by atoms with Crippen LogP contribution in [-0.4, -0.2) is 26.3 Å². The lowest BCUT2D eigenvalue weighted by molar-refractivity contribution is 0.117. The molecule has 13 heavy (non-hydrogen) atoms. The molecule has 74 valence electrons. The van der Waals surface area contributed by atoms with Gasteiger partial charge in [0.2, 0.25) is 0 Å². The van der Waals surface area contributed by atoms with Crippen molar-refractivity contribution in [3.8, 4) is 0 Å². The van der Waals surface area contributed by atoms with Crippen molar-refractivity contribution >= 4 is 0 Å². The minimum absolute atomic E-state index is 0.275. The zero-order chi connectivity index (χ0) is 9.52. The van der Waals surface area contributed by atoms with Crippen LogP contribution in [-0.2, 0) is 11.2 Å². The van der Waals surface area contributed by atoms with E-state index in [2.05, 4.69) is 5.32 Å². The topological polar surface area (TPSA) is 34.4 Å². The Morgan fingerprint density at radius 2 is 2.46 bits per heavy atom. The van der Waals surface area contributed by atoms with E-state index in [4.69, 9.17) is 9.15 Å². The third-order valence-electron chi connectivity index (χ3n) is 1.96. The van der Waals surface area contributed by atoms with E-state index in [1.54, 1.807) is 13.4 Å². The van der Waals surface area contributed by atoms with Crippen LogP contribution in [0.4, 0.5) is 0 Å². The van der Waals surface area contributed by atoms with Crippen molar-refractivity contribution in [1.29, 1.82) is 0 Å². The molecule has 1 N–H and O–H groups in total. The highest BCUT2D eigenvalue weighted by Crippen LogP contribution is 1.99. The van der Waals surface area contributed by atoms with Crippen LogP contribution in [0.2, 0.25) is 0 Å². The van der Waals surface area contributed by atoms with Gasteiger partial charge >= 0.3 is 0 Å². The van der Waals surface area contributed by atoms with Gasteiger partial charge in [-0.3, -0.25) is 0 Å². The van der Waals surface area contributed by atoms with Crippen molar-refractivity contribution in [1.82, 2.24) is 5.32 Å². The number of hydrogen-bond acceptors (Lipinski definition) is 3. The Morgan fingerprint density at radius 3 is 3.08 bits per heavy atom. The Kier molecular flexibility index (Phi) is 4.57. The summed E-state index contributed by atoms with van der Waals surface area (Å²) in [4.78, 5) is 0. The van der Waals surface area contributed by atoms with Gasteiger partial charge in [-0.25, -0.2) is 0 Å². The quantitative estimate of drug-likeness (QED) is 0.678. The van der Waals surface area contributed by atoms with Crippen molar-refractivity contribution in [3.63, 3.8) is 0 Å². The molecule has 0 radical (unpaired) electrons. The SMILES string of the molecule is COC(C)CNCCc1ccco1. The summed E-state index contributed by atoms with van der Waals surface area (Å²) in [7, 11) is 1.72. The minimum Gasteiger partial charge on any atom is -0.469 e. The number of methoxy groups -OCH3 is 1. The molecule has 0 aliphatic rings. The normalized spacial score (nSPS) is 13.1. The fourth-order valence-electron chi connectivity index (χ4n) is 1.06. The van der Waals surface area contributed by atoms with Crippen molar-refractivity contribution < 1.29 is 9.15 Å². The minimum atomic E-state index is 0.275. The van der Waals surface area contributed by atoms with E-state index in [0.29, 0.717) is 0 Å². The molecule has 0 amide bonds. The monoisotopic (exact) mass is 183 g/mol. The van der Waals surface area contributed by atoms with Gasteiger partial charge in [0, 0.05) is 26.6 Å². The molecule has 1 unspecified atom stereocenters. The maximum absolute atomic E-state index is 5.20. The molecule has 0 aromatic carbocycles. The maximum atomic E-state index is 5.20. The van der Waals surface area contributed by atoms with E-state index >= 15 is 0 Å². The van der Waals surface area contributed by atoms with Gasteiger partial charge in [-0.2, -0.15) is 0 Å². The van der Waals surface area contributed by atoms with Crippen LogP contribution in [0.3, 0.4) is 0 Å². The first-order valence-electron chi connectivity index (χ1n) is 4.59. The summed E-state index contributed by atoms with van der Waals surface area (Å²) < 4.78 is 10.3. The molecule has 1 heterocycles. The number of rotatable bonds is 6. The number of hydrogen-bond donors (Lipinski definition) is 1. The number of ether oxygens (including phenoxy) is 1. The number of nitrogens with one attached hydrogen (secondary N) is 1. The molecule has 1 aromatic heterocycles. The summed E-state index contributed by atoms with van der Waals surface area (Å²) in [5, 5.41) is 3.29. The molecule has 0 saturated heterocycles. The molecule has 1 rings (SSSR count). The van der Waals surface area contributed by atoms with Crippen LogP contribution in [0.5, 0.6) is 0 Å². The molecule has 3 nitrogen and oxygen atoms in total. The van der Waals surface area contributed by atoms with E-state index < -0.39 is 0 Å². The summed E-state index contributed by atoms with van der Waals surface area (Å²) in [6, 6.07) is 3.90. The van der Waals surface area contributed by atoms with Gasteiger partial charge < -0.3 is 14.5 Å². The van der Waals surface area contributed by atoms with Gasteiger partial charge in [0.15, 0.2) is 0 Å². The van der Waals surface area contributed by atoms with Gasteiger partial charge in [0.05, 0.1) is 12.4 Å². The van der Waals surface area contributed by atoms with E-state index in [9.17, 15) is 0 Å². The fraction of sp³-hybridized carbons (Fsp3) is 0.600. The highest BCUT2D eigenvalue weighted by Gasteiger charge is 1.98. The summed E-state index contributed by atoms with van der Waals surface area (Å²) in [5.74, 6) is 1.03. The van der Waals surface area contributed by atoms with E-state index in [-0.39, 0.29) is 6.10 Å². The molecule has 0 bridgehead atoms. The third-order valence-corrected chi connectivity index (χ3v) is 1.96. The highest BCUT2D eigenvalue weighted by atomic mass is 16.5. The van der Waals surface area contributed by atoms with E-state index in [1.165, 1.54) is 0 Å². The smallest absolute Gasteiger partial charge is 0.105 e. The lowest BCUT2D eigenvalue weighted by Crippen LogP contribution is -2.27. The second kappa shape index (κ2) is 5.78. The molecule has 0 spiro atoms. The average Bonchev–Trinajstić information content (AvgIpc) is 2.64. The van der Waals surface area contributed by atoms with Crippen molar-refractivity contribution in [2.24, 2.45) is 0 Å². The summed E-state index contributed by atoms with van der Waals surface area (Å²) in [6.07, 6.45) is 2.91. The summed E-state index contributed by atoms with van der Waals surface area (Å²) in [6.45, 7) is 3.86. The Bertz CT molecular complexity index is 209. The zero-order valence-electron chi connectivity index (χ0n) is 8.25. The molecule has 0 fully saturated rings. The second-order valence-electron chi connectivity index (χ2n) is 3.08. The Hall–Kier alpha value is -0.800. The van der Waals surface area contributed by atoms with Crippen LogP contribution in [0, 0.1) is 0 Å². The van der Waals surface area contributed by atoms with Gasteiger partial charge in [-0.15, -0.1) is 0 Å². The average molecular weight is 183 g/mol. The molecular formula is C10H17NO2. The van der Waals surface area contributed by atoms with Crippen LogP contribution < -0.4 is 5.32 Å². The van der Waals surface area contributed by atoms with Crippen LogP contribution >= 0.6 is 0 Å². The molecule has 1 atom stereocenters. The van der Waals surface area contributed by atoms with E-state index in [1.807, 2.05) is 19.1 Å². The Balaban J connectivity index is 2.02. The van der Waals surface area contributed by atoms with Gasteiger partial charge in [0.25, 0.3) is 0 Å². The highest BCUT2D eigenvalue weighted by molar-refractivity contribution is 4.98. The first-order chi connectivity index (χ1) is 6.33. The van der Waals surface area contributed by atoms with E-state index in [0.717, 1.165) is 25.3 Å². The van der Waals surface area contributed by atoms with Gasteiger partial charge in [-0.05, 0) is 19.1 Å². The molecule has 0 aliphatic heterocycles. The Labute approximate surface area is 79.1 Å². The number of furan rings is 1. The zero-order valence-corrected chi connectivity index (χ0v) is 8.25. The fourth-order valence-corrected chi connectivity index (χ4v) is 1.06. The largest absolute Gasteiger partial charge is 0.469 e.